The highest BCUT2D eigenvalue weighted by Crippen LogP contribution is 2.34. The number of hydrogen-bond donors (Lipinski definition) is 3. The van der Waals surface area contributed by atoms with Gasteiger partial charge in [0.15, 0.2) is 12.0 Å². The van der Waals surface area contributed by atoms with Crippen LogP contribution in [-0.2, 0) is 4.74 Å². The van der Waals surface area contributed by atoms with E-state index < -0.39 is 6.23 Å². The van der Waals surface area contributed by atoms with E-state index in [-0.39, 0.29) is 12.0 Å². The number of aromatic nitrogens is 4. The Morgan fingerprint density at radius 2 is 1.97 bits per heavy atom. The molecule has 4 aromatic rings. The highest BCUT2D eigenvalue weighted by Gasteiger charge is 2.26. The van der Waals surface area contributed by atoms with E-state index in [4.69, 9.17) is 27.1 Å². The molecule has 1 aromatic carbocycles. The molecule has 5 rings (SSSR count). The molecule has 2 atom stereocenters. The highest BCUT2D eigenvalue weighted by atomic mass is 35.5. The van der Waals surface area contributed by atoms with Crippen molar-refractivity contribution in [3.63, 3.8) is 0 Å². The molecule has 0 aliphatic carbocycles. The smallest absolute Gasteiger partial charge is 0.222 e. The number of pyridine rings is 2. The van der Waals surface area contributed by atoms with Gasteiger partial charge in [-0.1, -0.05) is 23.7 Å². The van der Waals surface area contributed by atoms with E-state index in [0.29, 0.717) is 53.9 Å². The number of nitrogens with two attached hydrogens (primary N) is 1. The summed E-state index contributed by atoms with van der Waals surface area (Å²) in [5.74, 6) is 0.681. The summed E-state index contributed by atoms with van der Waals surface area (Å²) in [4.78, 5) is 19.8. The number of fused-ring (bicyclic) bond motifs is 2. The molecule has 4 heterocycles. The first kappa shape index (κ1) is 21.7. The van der Waals surface area contributed by atoms with Crippen LogP contribution in [0.5, 0.6) is 0 Å². The first-order valence-electron chi connectivity index (χ1n) is 10.7. The number of morpholine rings is 1. The molecule has 0 radical (unpaired) electrons. The standard InChI is InChI=1S/C23H24ClN7O2/c1-13(27-21-19-16(6-3-7-26-19)29-23(25)30-21)17-12-14-4-2-5-15(24)18(14)20(28-17)22(32)31-8-10-33-11-9-31/h2-7,12-13,22,32H,8-11H2,1H3,(H3,25,27,29,30)/t13-,22?/m0/s1. The molecule has 1 unspecified atom stereocenters. The van der Waals surface area contributed by atoms with Crippen molar-refractivity contribution >= 4 is 45.2 Å². The van der Waals surface area contributed by atoms with Crippen LogP contribution in [0, 0.1) is 0 Å². The Morgan fingerprint density at radius 1 is 1.15 bits per heavy atom. The largest absolute Gasteiger partial charge is 0.379 e. The number of nitrogens with one attached hydrogen (secondary N) is 1. The predicted molar refractivity (Wildman–Crippen MR) is 128 cm³/mol. The van der Waals surface area contributed by atoms with Crippen LogP contribution in [0.25, 0.3) is 21.8 Å². The van der Waals surface area contributed by atoms with Crippen molar-refractivity contribution in [3.05, 3.63) is 59.0 Å². The third-order valence-electron chi connectivity index (χ3n) is 5.76. The Kier molecular flexibility index (Phi) is 5.94. The molecule has 1 aliphatic rings. The number of halogens is 1. The number of aliphatic hydroxyl groups is 1. The van der Waals surface area contributed by atoms with Gasteiger partial charge in [-0.3, -0.25) is 14.9 Å². The maximum absolute atomic E-state index is 11.2. The zero-order valence-electron chi connectivity index (χ0n) is 18.1. The maximum atomic E-state index is 11.2. The molecule has 9 nitrogen and oxygen atoms in total. The summed E-state index contributed by atoms with van der Waals surface area (Å²) in [6.45, 7) is 4.33. The number of hydrogen-bond acceptors (Lipinski definition) is 9. The Bertz CT molecular complexity index is 1310. The molecule has 3 aromatic heterocycles. The lowest BCUT2D eigenvalue weighted by atomic mass is 10.0. The molecule has 0 saturated carbocycles. The van der Waals surface area contributed by atoms with Crippen molar-refractivity contribution in [1.29, 1.82) is 0 Å². The lowest BCUT2D eigenvalue weighted by Gasteiger charge is -2.31. The average Bonchev–Trinajstić information content (AvgIpc) is 2.83. The monoisotopic (exact) mass is 465 g/mol. The second kappa shape index (κ2) is 9.03. The number of anilines is 2. The minimum Gasteiger partial charge on any atom is -0.379 e. The lowest BCUT2D eigenvalue weighted by molar-refractivity contribution is -0.0616. The van der Waals surface area contributed by atoms with Gasteiger partial charge in [0.1, 0.15) is 5.52 Å². The molecule has 10 heteroatoms. The van der Waals surface area contributed by atoms with E-state index in [9.17, 15) is 5.11 Å². The number of ether oxygens (including phenoxy) is 1. The van der Waals surface area contributed by atoms with Gasteiger partial charge in [-0.15, -0.1) is 0 Å². The molecule has 170 valence electrons. The van der Waals surface area contributed by atoms with Crippen molar-refractivity contribution in [2.45, 2.75) is 19.2 Å². The third-order valence-corrected chi connectivity index (χ3v) is 6.07. The summed E-state index contributed by atoms with van der Waals surface area (Å²) < 4.78 is 5.43. The van der Waals surface area contributed by atoms with E-state index in [1.165, 1.54) is 0 Å². The van der Waals surface area contributed by atoms with Crippen LogP contribution >= 0.6 is 11.6 Å². The number of aliphatic hydroxyl groups excluding tert-OH is 1. The Balaban J connectivity index is 1.56. The zero-order valence-corrected chi connectivity index (χ0v) is 18.8. The van der Waals surface area contributed by atoms with Crippen molar-refractivity contribution in [2.75, 3.05) is 37.4 Å². The molecule has 1 aliphatic heterocycles. The van der Waals surface area contributed by atoms with Gasteiger partial charge in [-0.25, -0.2) is 4.98 Å². The summed E-state index contributed by atoms with van der Waals surface area (Å²) in [6, 6.07) is 11.0. The van der Waals surface area contributed by atoms with Crippen LogP contribution in [0.2, 0.25) is 5.02 Å². The Labute approximate surface area is 195 Å². The van der Waals surface area contributed by atoms with Crippen LogP contribution in [0.15, 0.2) is 42.6 Å². The van der Waals surface area contributed by atoms with Gasteiger partial charge in [-0.2, -0.15) is 4.98 Å². The molecule has 1 saturated heterocycles. The quantitative estimate of drug-likeness (QED) is 0.407. The van der Waals surface area contributed by atoms with Crippen molar-refractivity contribution < 1.29 is 9.84 Å². The summed E-state index contributed by atoms with van der Waals surface area (Å²) in [7, 11) is 0. The number of benzene rings is 1. The van der Waals surface area contributed by atoms with Gasteiger partial charge < -0.3 is 20.9 Å². The molecule has 0 bridgehead atoms. The number of nitrogens with zero attached hydrogens (tertiary/aromatic N) is 5. The van der Waals surface area contributed by atoms with E-state index in [2.05, 4.69) is 20.3 Å². The van der Waals surface area contributed by atoms with E-state index in [1.807, 2.05) is 42.2 Å². The van der Waals surface area contributed by atoms with Gasteiger partial charge in [0.25, 0.3) is 0 Å². The normalized spacial score (nSPS) is 16.7. The Morgan fingerprint density at radius 3 is 2.79 bits per heavy atom. The molecular weight excluding hydrogens is 442 g/mol. The predicted octanol–water partition coefficient (Wildman–Crippen LogP) is 3.30. The molecular formula is C23H24ClN7O2. The summed E-state index contributed by atoms with van der Waals surface area (Å²) in [5.41, 5.74) is 8.43. The van der Waals surface area contributed by atoms with Crippen molar-refractivity contribution in [3.8, 4) is 0 Å². The van der Waals surface area contributed by atoms with Crippen LogP contribution in [0.3, 0.4) is 0 Å². The second-order valence-electron chi connectivity index (χ2n) is 7.96. The minimum absolute atomic E-state index is 0.159. The fourth-order valence-corrected chi connectivity index (χ4v) is 4.37. The zero-order chi connectivity index (χ0) is 22.9. The SMILES string of the molecule is C[C@H](Nc1nc(N)nc2cccnc12)c1cc2cccc(Cl)c2c(C(O)N2CCOCC2)n1. The summed E-state index contributed by atoms with van der Waals surface area (Å²) in [5, 5.41) is 16.8. The summed E-state index contributed by atoms with van der Waals surface area (Å²) >= 11 is 6.54. The fourth-order valence-electron chi connectivity index (χ4n) is 4.09. The minimum atomic E-state index is -0.902. The molecule has 0 spiro atoms. The van der Waals surface area contributed by atoms with Crippen molar-refractivity contribution in [2.24, 2.45) is 0 Å². The highest BCUT2D eigenvalue weighted by molar-refractivity contribution is 6.35. The average molecular weight is 466 g/mol. The van der Waals surface area contributed by atoms with Crippen molar-refractivity contribution in [1.82, 2.24) is 24.8 Å². The van der Waals surface area contributed by atoms with Crippen LogP contribution in [0.4, 0.5) is 11.8 Å². The Hall–Kier alpha value is -3.11. The van der Waals surface area contributed by atoms with E-state index in [1.54, 1.807) is 12.3 Å². The lowest BCUT2D eigenvalue weighted by Crippen LogP contribution is -2.39. The van der Waals surface area contributed by atoms with Crippen LogP contribution in [0.1, 0.15) is 30.6 Å². The van der Waals surface area contributed by atoms with Gasteiger partial charge in [0.05, 0.1) is 41.2 Å². The van der Waals surface area contributed by atoms with Gasteiger partial charge >= 0.3 is 0 Å². The molecule has 1 fully saturated rings. The topological polar surface area (TPSA) is 122 Å². The van der Waals surface area contributed by atoms with E-state index in [0.717, 1.165) is 16.5 Å². The fraction of sp³-hybridized carbons (Fsp3) is 0.304. The first-order valence-corrected chi connectivity index (χ1v) is 11.1. The second-order valence-corrected chi connectivity index (χ2v) is 8.37. The van der Waals surface area contributed by atoms with Crippen LogP contribution in [-0.4, -0.2) is 56.2 Å². The number of rotatable bonds is 5. The third kappa shape index (κ3) is 4.28. The van der Waals surface area contributed by atoms with E-state index >= 15 is 0 Å². The molecule has 0 amide bonds. The summed E-state index contributed by atoms with van der Waals surface area (Å²) in [6.07, 6.45) is 0.783. The molecule has 33 heavy (non-hydrogen) atoms. The number of nitrogen functional groups attached to an aromatic ring is 1. The van der Waals surface area contributed by atoms with Gasteiger partial charge in [-0.05, 0) is 36.6 Å². The van der Waals surface area contributed by atoms with Gasteiger partial charge in [0.2, 0.25) is 5.95 Å². The van der Waals surface area contributed by atoms with Gasteiger partial charge in [0, 0.05) is 24.7 Å². The first-order chi connectivity index (χ1) is 16.0. The van der Waals surface area contributed by atoms with Crippen LogP contribution < -0.4 is 11.1 Å². The molecule has 4 N–H and O–H groups in total. The maximum Gasteiger partial charge on any atom is 0.222 e.